The summed E-state index contributed by atoms with van der Waals surface area (Å²) < 4.78 is 10.8. The summed E-state index contributed by atoms with van der Waals surface area (Å²) in [5.74, 6) is 1.82. The van der Waals surface area contributed by atoms with Crippen LogP contribution >= 0.6 is 0 Å². The number of hydrogen-bond acceptors (Lipinski definition) is 2. The molecule has 0 unspecified atom stereocenters. The molecule has 0 aliphatic heterocycles. The molecule has 2 rings (SSSR count). The van der Waals surface area contributed by atoms with E-state index >= 15 is 0 Å². The normalized spacial score (nSPS) is 18.1. The second kappa shape index (κ2) is 5.05. The number of methoxy groups -OCH3 is 2. The lowest BCUT2D eigenvalue weighted by molar-refractivity contribution is 0.334. The Labute approximate surface area is 110 Å². The van der Waals surface area contributed by atoms with Crippen LogP contribution in [-0.2, 0) is 0 Å². The van der Waals surface area contributed by atoms with Gasteiger partial charge < -0.3 is 9.47 Å². The highest BCUT2D eigenvalue weighted by Crippen LogP contribution is 2.41. The number of rotatable bonds is 3. The molecule has 1 aliphatic carbocycles. The van der Waals surface area contributed by atoms with Crippen LogP contribution < -0.4 is 9.47 Å². The van der Waals surface area contributed by atoms with Gasteiger partial charge in [-0.25, -0.2) is 0 Å². The highest BCUT2D eigenvalue weighted by Gasteiger charge is 2.23. The van der Waals surface area contributed by atoms with Crippen LogP contribution in [0.5, 0.6) is 11.5 Å². The summed E-state index contributed by atoms with van der Waals surface area (Å²) in [5.41, 5.74) is 2.98. The molecule has 98 valence electrons. The molecule has 1 aromatic rings. The predicted molar refractivity (Wildman–Crippen MR) is 75.2 cm³/mol. The molecule has 1 aliphatic rings. The molecule has 0 radical (unpaired) electrons. The molecule has 0 saturated carbocycles. The van der Waals surface area contributed by atoms with Crippen LogP contribution in [-0.4, -0.2) is 14.2 Å². The number of allylic oxidation sites excluding steroid dienone is 2. The van der Waals surface area contributed by atoms with Gasteiger partial charge in [-0.3, -0.25) is 0 Å². The highest BCUT2D eigenvalue weighted by atomic mass is 16.5. The van der Waals surface area contributed by atoms with E-state index in [4.69, 9.17) is 9.47 Å². The summed E-state index contributed by atoms with van der Waals surface area (Å²) in [4.78, 5) is 0. The molecule has 18 heavy (non-hydrogen) atoms. The Hall–Kier alpha value is -1.44. The van der Waals surface area contributed by atoms with Crippen LogP contribution in [0.1, 0.15) is 38.7 Å². The summed E-state index contributed by atoms with van der Waals surface area (Å²) in [6, 6.07) is 5.99. The molecule has 0 bridgehead atoms. The van der Waals surface area contributed by atoms with E-state index in [1.165, 1.54) is 17.6 Å². The van der Waals surface area contributed by atoms with E-state index in [1.54, 1.807) is 14.2 Å². The molecule has 0 spiro atoms. The molecule has 0 amide bonds. The van der Waals surface area contributed by atoms with Crippen molar-refractivity contribution in [2.24, 2.45) is 5.41 Å². The minimum atomic E-state index is 0.426. The van der Waals surface area contributed by atoms with Gasteiger partial charge >= 0.3 is 0 Å². The quantitative estimate of drug-likeness (QED) is 0.791. The van der Waals surface area contributed by atoms with Gasteiger partial charge in [0.1, 0.15) is 11.5 Å². The first kappa shape index (κ1) is 13.0. The summed E-state index contributed by atoms with van der Waals surface area (Å²) in [6.45, 7) is 4.65. The first-order chi connectivity index (χ1) is 8.55. The van der Waals surface area contributed by atoms with E-state index in [2.05, 4.69) is 26.0 Å². The monoisotopic (exact) mass is 246 g/mol. The fourth-order valence-corrected chi connectivity index (χ4v) is 2.39. The summed E-state index contributed by atoms with van der Waals surface area (Å²) in [7, 11) is 3.42. The van der Waals surface area contributed by atoms with E-state index in [-0.39, 0.29) is 0 Å². The van der Waals surface area contributed by atoms with E-state index in [9.17, 15) is 0 Å². The lowest BCUT2D eigenvalue weighted by Crippen LogP contribution is -2.14. The average Bonchev–Trinajstić information content (AvgIpc) is 2.38. The standard InChI is InChI=1S/C16H22O2/c1-16(2)9-7-12(8-10-16)14-11-13(17-3)5-6-15(14)18-4/h5-7,11H,8-10H2,1-4H3. The van der Waals surface area contributed by atoms with Gasteiger partial charge in [0, 0.05) is 5.56 Å². The van der Waals surface area contributed by atoms with Crippen molar-refractivity contribution in [1.29, 1.82) is 0 Å². The second-order valence-electron chi connectivity index (χ2n) is 5.66. The third-order valence-corrected chi connectivity index (χ3v) is 3.72. The third kappa shape index (κ3) is 2.69. The number of ether oxygens (including phenoxy) is 2. The topological polar surface area (TPSA) is 18.5 Å². The molecule has 0 saturated heterocycles. The molecule has 0 N–H and O–H groups in total. The first-order valence-electron chi connectivity index (χ1n) is 6.47. The van der Waals surface area contributed by atoms with E-state index in [1.807, 2.05) is 12.1 Å². The van der Waals surface area contributed by atoms with Gasteiger partial charge in [-0.15, -0.1) is 0 Å². The van der Waals surface area contributed by atoms with Crippen molar-refractivity contribution in [1.82, 2.24) is 0 Å². The zero-order valence-electron chi connectivity index (χ0n) is 11.7. The fourth-order valence-electron chi connectivity index (χ4n) is 2.39. The zero-order valence-corrected chi connectivity index (χ0v) is 11.7. The summed E-state index contributed by atoms with van der Waals surface area (Å²) in [6.07, 6.45) is 5.80. The Morgan fingerprint density at radius 2 is 1.89 bits per heavy atom. The molecule has 2 heteroatoms. The van der Waals surface area contributed by atoms with E-state index in [0.29, 0.717) is 5.41 Å². The van der Waals surface area contributed by atoms with Crippen LogP contribution in [0.15, 0.2) is 24.3 Å². The smallest absolute Gasteiger partial charge is 0.126 e. The minimum absolute atomic E-state index is 0.426. The van der Waals surface area contributed by atoms with Crippen LogP contribution in [0, 0.1) is 5.41 Å². The first-order valence-corrected chi connectivity index (χ1v) is 6.47. The molecule has 1 aromatic carbocycles. The van der Waals surface area contributed by atoms with Crippen LogP contribution in [0.3, 0.4) is 0 Å². The van der Waals surface area contributed by atoms with Gasteiger partial charge in [-0.2, -0.15) is 0 Å². The van der Waals surface area contributed by atoms with Gasteiger partial charge in [0.2, 0.25) is 0 Å². The molecule has 0 heterocycles. The molecule has 0 fully saturated rings. The van der Waals surface area contributed by atoms with Gasteiger partial charge in [-0.1, -0.05) is 19.9 Å². The Balaban J connectivity index is 2.35. The molecule has 0 atom stereocenters. The van der Waals surface area contributed by atoms with E-state index in [0.717, 1.165) is 24.3 Å². The number of hydrogen-bond donors (Lipinski definition) is 0. The second-order valence-corrected chi connectivity index (χ2v) is 5.66. The zero-order chi connectivity index (χ0) is 13.2. The Morgan fingerprint density at radius 3 is 2.44 bits per heavy atom. The Kier molecular flexibility index (Phi) is 3.65. The van der Waals surface area contributed by atoms with Crippen molar-refractivity contribution in [3.63, 3.8) is 0 Å². The SMILES string of the molecule is COc1ccc(OC)c(C2=CCC(C)(C)CC2)c1. The molecular weight excluding hydrogens is 224 g/mol. The summed E-state index contributed by atoms with van der Waals surface area (Å²) >= 11 is 0. The van der Waals surface area contributed by atoms with Crippen molar-refractivity contribution in [2.75, 3.05) is 14.2 Å². The third-order valence-electron chi connectivity index (χ3n) is 3.72. The largest absolute Gasteiger partial charge is 0.497 e. The predicted octanol–water partition coefficient (Wildman–Crippen LogP) is 4.30. The van der Waals surface area contributed by atoms with Crippen LogP contribution in [0.4, 0.5) is 0 Å². The molecular formula is C16H22O2. The van der Waals surface area contributed by atoms with Gasteiger partial charge in [0.05, 0.1) is 14.2 Å². The maximum absolute atomic E-state index is 5.45. The highest BCUT2D eigenvalue weighted by molar-refractivity contribution is 5.72. The Morgan fingerprint density at radius 1 is 1.11 bits per heavy atom. The summed E-state index contributed by atoms with van der Waals surface area (Å²) in [5, 5.41) is 0. The fraction of sp³-hybridized carbons (Fsp3) is 0.500. The Bertz CT molecular complexity index is 458. The van der Waals surface area contributed by atoms with E-state index < -0.39 is 0 Å². The van der Waals surface area contributed by atoms with Gasteiger partial charge in [0.25, 0.3) is 0 Å². The average molecular weight is 246 g/mol. The molecule has 0 aromatic heterocycles. The lowest BCUT2D eigenvalue weighted by atomic mass is 9.77. The maximum Gasteiger partial charge on any atom is 0.126 e. The van der Waals surface area contributed by atoms with Gasteiger partial charge in [0.15, 0.2) is 0 Å². The van der Waals surface area contributed by atoms with Crippen molar-refractivity contribution in [3.8, 4) is 11.5 Å². The van der Waals surface area contributed by atoms with Crippen LogP contribution in [0.2, 0.25) is 0 Å². The maximum atomic E-state index is 5.45. The van der Waals surface area contributed by atoms with Gasteiger partial charge in [-0.05, 0) is 48.4 Å². The van der Waals surface area contributed by atoms with Crippen molar-refractivity contribution in [2.45, 2.75) is 33.1 Å². The minimum Gasteiger partial charge on any atom is -0.497 e. The van der Waals surface area contributed by atoms with Crippen LogP contribution in [0.25, 0.3) is 5.57 Å². The molecule has 2 nitrogen and oxygen atoms in total. The number of benzene rings is 1. The lowest BCUT2D eigenvalue weighted by Gasteiger charge is -2.29. The van der Waals surface area contributed by atoms with Crippen molar-refractivity contribution in [3.05, 3.63) is 29.8 Å². The van der Waals surface area contributed by atoms with Crippen molar-refractivity contribution < 1.29 is 9.47 Å². The van der Waals surface area contributed by atoms with Crippen molar-refractivity contribution >= 4 is 5.57 Å².